The fourth-order valence-electron chi connectivity index (χ4n) is 1.63. The van der Waals surface area contributed by atoms with E-state index in [2.05, 4.69) is 17.2 Å². The molecule has 0 heterocycles. The van der Waals surface area contributed by atoms with Crippen LogP contribution in [0.2, 0.25) is 0 Å². The zero-order valence-electron chi connectivity index (χ0n) is 10.6. The minimum atomic E-state index is -0.574. The summed E-state index contributed by atoms with van der Waals surface area (Å²) in [6, 6.07) is 7.61. The number of rotatable bonds is 5. The van der Waals surface area contributed by atoms with Crippen LogP contribution in [-0.2, 0) is 14.3 Å². The summed E-state index contributed by atoms with van der Waals surface area (Å²) in [6.07, 6.45) is 4.61. The summed E-state index contributed by atoms with van der Waals surface area (Å²) < 4.78 is 10.2. The maximum absolute atomic E-state index is 11.5. The first kappa shape index (κ1) is 14.0. The average Bonchev–Trinajstić information content (AvgIpc) is 2.39. The van der Waals surface area contributed by atoms with Gasteiger partial charge in [-0.3, -0.25) is 0 Å². The predicted molar refractivity (Wildman–Crippen MR) is 69.9 cm³/mol. The van der Waals surface area contributed by atoms with Crippen molar-refractivity contribution in [1.82, 2.24) is 0 Å². The average molecular weight is 244 g/mol. The van der Waals surface area contributed by atoms with Crippen molar-refractivity contribution in [2.24, 2.45) is 0 Å². The standard InChI is InChI=1S/C15H16O3/c1-5-10-18-14(12(3)15(16)17-4)13-9-7-6-8-11(13)2/h1,6-9,14H,3,10H2,2,4H3. The summed E-state index contributed by atoms with van der Waals surface area (Å²) >= 11 is 0. The zero-order valence-corrected chi connectivity index (χ0v) is 10.6. The Morgan fingerprint density at radius 1 is 1.50 bits per heavy atom. The molecule has 3 nitrogen and oxygen atoms in total. The third kappa shape index (κ3) is 3.22. The normalized spacial score (nSPS) is 11.4. The van der Waals surface area contributed by atoms with E-state index in [-0.39, 0.29) is 12.2 Å². The molecule has 18 heavy (non-hydrogen) atoms. The van der Waals surface area contributed by atoms with Gasteiger partial charge in [-0.15, -0.1) is 6.42 Å². The number of methoxy groups -OCH3 is 1. The van der Waals surface area contributed by atoms with Crippen LogP contribution in [0.15, 0.2) is 36.4 Å². The Morgan fingerprint density at radius 2 is 2.17 bits per heavy atom. The molecule has 94 valence electrons. The van der Waals surface area contributed by atoms with E-state index in [1.54, 1.807) is 0 Å². The van der Waals surface area contributed by atoms with E-state index in [1.165, 1.54) is 7.11 Å². The second kappa shape index (κ2) is 6.63. The number of terminal acetylenes is 1. The second-order valence-corrected chi connectivity index (χ2v) is 3.77. The number of hydrogen-bond donors (Lipinski definition) is 0. The minimum absolute atomic E-state index is 0.106. The van der Waals surface area contributed by atoms with Crippen molar-refractivity contribution in [3.05, 3.63) is 47.5 Å². The van der Waals surface area contributed by atoms with Gasteiger partial charge in [0.05, 0.1) is 12.7 Å². The first-order valence-corrected chi connectivity index (χ1v) is 5.49. The summed E-state index contributed by atoms with van der Waals surface area (Å²) in [6.45, 7) is 5.77. The largest absolute Gasteiger partial charge is 0.466 e. The molecule has 0 radical (unpaired) electrons. The molecule has 0 fully saturated rings. The van der Waals surface area contributed by atoms with E-state index in [0.717, 1.165) is 11.1 Å². The molecule has 3 heteroatoms. The maximum Gasteiger partial charge on any atom is 0.336 e. The highest BCUT2D eigenvalue weighted by Crippen LogP contribution is 2.27. The Morgan fingerprint density at radius 3 is 2.72 bits per heavy atom. The molecule has 1 aromatic rings. The first-order chi connectivity index (χ1) is 8.61. The molecule has 1 unspecified atom stereocenters. The van der Waals surface area contributed by atoms with Crippen molar-refractivity contribution in [3.63, 3.8) is 0 Å². The lowest BCUT2D eigenvalue weighted by atomic mass is 9.98. The first-order valence-electron chi connectivity index (χ1n) is 5.49. The molecular weight excluding hydrogens is 228 g/mol. The summed E-state index contributed by atoms with van der Waals surface area (Å²) in [5.74, 6) is 1.88. The fraction of sp³-hybridized carbons (Fsp3) is 0.267. The van der Waals surface area contributed by atoms with E-state index in [9.17, 15) is 4.79 Å². The van der Waals surface area contributed by atoms with Gasteiger partial charge in [0.25, 0.3) is 0 Å². The fourth-order valence-corrected chi connectivity index (χ4v) is 1.63. The lowest BCUT2D eigenvalue weighted by molar-refractivity contribution is -0.137. The minimum Gasteiger partial charge on any atom is -0.466 e. The molecule has 0 saturated heterocycles. The van der Waals surface area contributed by atoms with Crippen molar-refractivity contribution in [2.45, 2.75) is 13.0 Å². The van der Waals surface area contributed by atoms with Crippen molar-refractivity contribution in [2.75, 3.05) is 13.7 Å². The highest BCUT2D eigenvalue weighted by atomic mass is 16.5. The molecule has 1 atom stereocenters. The van der Waals surface area contributed by atoms with Crippen molar-refractivity contribution in [3.8, 4) is 12.3 Å². The van der Waals surface area contributed by atoms with Crippen molar-refractivity contribution < 1.29 is 14.3 Å². The molecule has 0 aliphatic rings. The lowest BCUT2D eigenvalue weighted by Gasteiger charge is -2.19. The lowest BCUT2D eigenvalue weighted by Crippen LogP contribution is -2.16. The number of benzene rings is 1. The van der Waals surface area contributed by atoms with Gasteiger partial charge in [-0.2, -0.15) is 0 Å². The van der Waals surface area contributed by atoms with Gasteiger partial charge >= 0.3 is 5.97 Å². The third-order valence-electron chi connectivity index (χ3n) is 2.57. The molecular formula is C15H16O3. The Hall–Kier alpha value is -2.05. The highest BCUT2D eigenvalue weighted by molar-refractivity contribution is 5.89. The molecule has 0 saturated carbocycles. The highest BCUT2D eigenvalue weighted by Gasteiger charge is 2.23. The van der Waals surface area contributed by atoms with E-state index in [1.807, 2.05) is 31.2 Å². The van der Waals surface area contributed by atoms with Crippen molar-refractivity contribution >= 4 is 5.97 Å². The molecule has 0 aliphatic heterocycles. The number of aryl methyl sites for hydroxylation is 1. The summed E-state index contributed by atoms with van der Waals surface area (Å²) in [4.78, 5) is 11.5. The smallest absolute Gasteiger partial charge is 0.336 e. The molecule has 0 aliphatic carbocycles. The van der Waals surface area contributed by atoms with E-state index in [4.69, 9.17) is 11.2 Å². The van der Waals surface area contributed by atoms with Crippen LogP contribution < -0.4 is 0 Å². The Labute approximate surface area is 107 Å². The monoisotopic (exact) mass is 244 g/mol. The number of esters is 1. The molecule has 0 bridgehead atoms. The van der Waals surface area contributed by atoms with Crippen LogP contribution >= 0.6 is 0 Å². The van der Waals surface area contributed by atoms with Crippen LogP contribution in [0.25, 0.3) is 0 Å². The molecule has 0 aromatic heterocycles. The Balaban J connectivity index is 3.06. The number of hydrogen-bond acceptors (Lipinski definition) is 3. The summed E-state index contributed by atoms with van der Waals surface area (Å²) in [5.41, 5.74) is 2.11. The van der Waals surface area contributed by atoms with Gasteiger partial charge in [0, 0.05) is 0 Å². The van der Waals surface area contributed by atoms with E-state index in [0.29, 0.717) is 0 Å². The molecule has 1 aromatic carbocycles. The maximum atomic E-state index is 11.5. The SMILES string of the molecule is C#CCOC(C(=C)C(=O)OC)c1ccccc1C. The van der Waals surface area contributed by atoms with Gasteiger partial charge < -0.3 is 9.47 Å². The van der Waals surface area contributed by atoms with Gasteiger partial charge in [-0.25, -0.2) is 4.79 Å². The molecule has 0 spiro atoms. The van der Waals surface area contributed by atoms with Crippen LogP contribution in [0.5, 0.6) is 0 Å². The number of ether oxygens (including phenoxy) is 2. The zero-order chi connectivity index (χ0) is 13.5. The van der Waals surface area contributed by atoms with Crippen LogP contribution in [-0.4, -0.2) is 19.7 Å². The predicted octanol–water partition coefficient (Wildman–Crippen LogP) is 2.42. The molecule has 0 N–H and O–H groups in total. The van der Waals surface area contributed by atoms with Crippen LogP contribution in [0, 0.1) is 19.3 Å². The Kier molecular flexibility index (Phi) is 5.16. The third-order valence-corrected chi connectivity index (χ3v) is 2.57. The van der Waals surface area contributed by atoms with Gasteiger partial charge in [-0.05, 0) is 18.1 Å². The van der Waals surface area contributed by atoms with Gasteiger partial charge in [0.2, 0.25) is 0 Å². The second-order valence-electron chi connectivity index (χ2n) is 3.77. The van der Waals surface area contributed by atoms with Crippen LogP contribution in [0.1, 0.15) is 17.2 Å². The van der Waals surface area contributed by atoms with Crippen LogP contribution in [0.4, 0.5) is 0 Å². The van der Waals surface area contributed by atoms with Gasteiger partial charge in [-0.1, -0.05) is 36.8 Å². The van der Waals surface area contributed by atoms with E-state index >= 15 is 0 Å². The Bertz CT molecular complexity index is 483. The summed E-state index contributed by atoms with van der Waals surface area (Å²) in [5, 5.41) is 0. The van der Waals surface area contributed by atoms with E-state index < -0.39 is 12.1 Å². The molecule has 0 amide bonds. The molecule has 1 rings (SSSR count). The van der Waals surface area contributed by atoms with Gasteiger partial charge in [0.1, 0.15) is 12.7 Å². The van der Waals surface area contributed by atoms with Crippen molar-refractivity contribution in [1.29, 1.82) is 0 Å². The number of carbonyl (C=O) groups is 1. The van der Waals surface area contributed by atoms with Crippen LogP contribution in [0.3, 0.4) is 0 Å². The quantitative estimate of drug-likeness (QED) is 0.453. The topological polar surface area (TPSA) is 35.5 Å². The summed E-state index contributed by atoms with van der Waals surface area (Å²) in [7, 11) is 1.31. The van der Waals surface area contributed by atoms with Gasteiger partial charge in [0.15, 0.2) is 0 Å². The number of carbonyl (C=O) groups excluding carboxylic acids is 1.